The van der Waals surface area contributed by atoms with Gasteiger partial charge in [-0.15, -0.1) is 24.8 Å². The zero-order chi connectivity index (χ0) is 21.6. The molecule has 2 aliphatic rings. The van der Waals surface area contributed by atoms with Gasteiger partial charge in [-0.05, 0) is 49.7 Å². The van der Waals surface area contributed by atoms with Crippen LogP contribution in [-0.2, 0) is 4.84 Å². The number of hydrogen-bond acceptors (Lipinski definition) is 6. The predicted octanol–water partition coefficient (Wildman–Crippen LogP) is 4.66. The van der Waals surface area contributed by atoms with Crippen LogP contribution in [0.1, 0.15) is 24.8 Å². The number of anilines is 1. The number of amides is 1. The molecule has 0 aliphatic carbocycles. The maximum atomic E-state index is 12.3. The number of benzene rings is 2. The molecule has 4 rings (SSSR count). The van der Waals surface area contributed by atoms with Gasteiger partial charge in [-0.3, -0.25) is 20.0 Å². The molecule has 0 radical (unpaired) electrons. The van der Waals surface area contributed by atoms with E-state index in [4.69, 9.17) is 9.57 Å². The Balaban J connectivity index is 0.00000193. The van der Waals surface area contributed by atoms with Crippen LogP contribution in [0, 0.1) is 0 Å². The molecule has 2 atom stereocenters. The predicted molar refractivity (Wildman–Crippen MR) is 136 cm³/mol. The third kappa shape index (κ3) is 7.08. The number of rotatable bonds is 7. The van der Waals surface area contributed by atoms with E-state index in [1.807, 2.05) is 30.3 Å². The van der Waals surface area contributed by atoms with Crippen LogP contribution in [0.3, 0.4) is 0 Å². The fourth-order valence-corrected chi connectivity index (χ4v) is 4.43. The number of likely N-dealkylation sites (tertiary alicyclic amines) is 1. The lowest BCUT2D eigenvalue weighted by atomic mass is 10.1. The Morgan fingerprint density at radius 2 is 1.67 bits per heavy atom. The van der Waals surface area contributed by atoms with Gasteiger partial charge in [0.2, 0.25) is 0 Å². The zero-order valence-corrected chi connectivity index (χ0v) is 20.6. The van der Waals surface area contributed by atoms with Gasteiger partial charge in [0.05, 0.1) is 12.8 Å². The van der Waals surface area contributed by atoms with E-state index in [1.165, 1.54) is 12.8 Å². The van der Waals surface area contributed by atoms with Crippen LogP contribution in [0.2, 0.25) is 0 Å². The third-order valence-corrected chi connectivity index (χ3v) is 6.27. The molecule has 2 unspecified atom stereocenters. The zero-order valence-electron chi connectivity index (χ0n) is 19.0. The molecule has 2 bridgehead atoms. The Morgan fingerprint density at radius 1 is 1.03 bits per heavy atom. The Bertz CT molecular complexity index is 898. The number of oxime groups is 1. The summed E-state index contributed by atoms with van der Waals surface area (Å²) in [4.78, 5) is 22.5. The second-order valence-electron chi connectivity index (χ2n) is 8.20. The fourth-order valence-electron chi connectivity index (χ4n) is 4.43. The third-order valence-electron chi connectivity index (χ3n) is 6.27. The number of piperazine rings is 1. The molecule has 2 aliphatic heterocycles. The molecule has 2 aromatic rings. The average molecular weight is 495 g/mol. The van der Waals surface area contributed by atoms with E-state index in [0.29, 0.717) is 17.8 Å². The molecule has 2 fully saturated rings. The van der Waals surface area contributed by atoms with E-state index in [-0.39, 0.29) is 24.8 Å². The fraction of sp³-hybridized carbons (Fsp3) is 0.417. The molecule has 0 aromatic heterocycles. The van der Waals surface area contributed by atoms with E-state index in [1.54, 1.807) is 31.4 Å². The number of likely N-dealkylation sites (N-methyl/N-ethyl adjacent to an activating group) is 1. The van der Waals surface area contributed by atoms with Crippen molar-refractivity contribution in [1.29, 1.82) is 0 Å². The van der Waals surface area contributed by atoms with E-state index in [2.05, 4.69) is 27.3 Å². The Kier molecular flexibility index (Phi) is 10.4. The number of hydrogen-bond donors (Lipinski definition) is 1. The molecule has 1 amide bonds. The van der Waals surface area contributed by atoms with Crippen LogP contribution in [0.5, 0.6) is 5.75 Å². The average Bonchev–Trinajstić information content (AvgIpc) is 3.00. The number of nitrogens with one attached hydrogen (secondary N) is 1. The quantitative estimate of drug-likeness (QED) is 0.344. The van der Waals surface area contributed by atoms with Crippen molar-refractivity contribution in [3.8, 4) is 5.75 Å². The first kappa shape index (κ1) is 26.9. The summed E-state index contributed by atoms with van der Waals surface area (Å²) in [5.74, 6) is 0.723. The first-order valence-corrected chi connectivity index (χ1v) is 10.8. The van der Waals surface area contributed by atoms with Gasteiger partial charge in [0.1, 0.15) is 5.75 Å². The molecule has 2 heterocycles. The second-order valence-corrected chi connectivity index (χ2v) is 8.20. The van der Waals surface area contributed by atoms with Crippen LogP contribution in [0.25, 0.3) is 0 Å². The van der Waals surface area contributed by atoms with Crippen LogP contribution in [-0.4, -0.2) is 67.5 Å². The van der Waals surface area contributed by atoms with E-state index >= 15 is 0 Å². The first-order chi connectivity index (χ1) is 15.1. The van der Waals surface area contributed by atoms with Crippen LogP contribution in [0.15, 0.2) is 59.8 Å². The molecule has 33 heavy (non-hydrogen) atoms. The number of halogens is 2. The molecule has 0 spiro atoms. The van der Waals surface area contributed by atoms with Crippen molar-refractivity contribution in [2.45, 2.75) is 31.3 Å². The molecule has 7 nitrogen and oxygen atoms in total. The number of carbonyl (C=O) groups excluding carboxylic acids is 1. The SMILES string of the molecule is COc1ccc(NC(=O)O/N=C(/CCN2CC3CCC(C2)N3C)c2ccccc2)cc1.Cl.Cl. The summed E-state index contributed by atoms with van der Waals surface area (Å²) in [6.07, 6.45) is 2.68. The Labute approximate surface area is 207 Å². The summed E-state index contributed by atoms with van der Waals surface area (Å²) in [6.45, 7) is 3.08. The van der Waals surface area contributed by atoms with Crippen LogP contribution >= 0.6 is 24.8 Å². The van der Waals surface area contributed by atoms with E-state index in [9.17, 15) is 4.79 Å². The monoisotopic (exact) mass is 494 g/mol. The minimum atomic E-state index is -0.615. The van der Waals surface area contributed by atoms with Crippen molar-refractivity contribution in [2.75, 3.05) is 39.1 Å². The van der Waals surface area contributed by atoms with Gasteiger partial charge in [0.15, 0.2) is 0 Å². The molecule has 9 heteroatoms. The number of fused-ring (bicyclic) bond motifs is 2. The van der Waals surface area contributed by atoms with Crippen LogP contribution in [0.4, 0.5) is 10.5 Å². The van der Waals surface area contributed by atoms with Crippen molar-refractivity contribution >= 4 is 42.3 Å². The number of ether oxygens (including phenoxy) is 1. The van der Waals surface area contributed by atoms with Gasteiger partial charge >= 0.3 is 6.09 Å². The van der Waals surface area contributed by atoms with Crippen molar-refractivity contribution in [3.63, 3.8) is 0 Å². The van der Waals surface area contributed by atoms with Gasteiger partial charge in [0.25, 0.3) is 0 Å². The van der Waals surface area contributed by atoms with Crippen LogP contribution < -0.4 is 10.1 Å². The summed E-state index contributed by atoms with van der Waals surface area (Å²) in [6, 6.07) is 18.3. The number of methoxy groups -OCH3 is 1. The number of carbonyl (C=O) groups is 1. The maximum absolute atomic E-state index is 12.3. The largest absolute Gasteiger partial charge is 0.497 e. The smallest absolute Gasteiger partial charge is 0.437 e. The summed E-state index contributed by atoms with van der Waals surface area (Å²) in [7, 11) is 3.84. The van der Waals surface area contributed by atoms with E-state index in [0.717, 1.165) is 43.1 Å². The highest BCUT2D eigenvalue weighted by atomic mass is 35.5. The Hall–Kier alpha value is -2.32. The first-order valence-electron chi connectivity index (χ1n) is 10.8. The molecule has 180 valence electrons. The normalized spacial score (nSPS) is 20.4. The molecule has 2 aromatic carbocycles. The van der Waals surface area contributed by atoms with Gasteiger partial charge in [-0.2, -0.15) is 0 Å². The standard InChI is InChI=1S/C24H30N4O3.2ClH/c1-27-20-10-11-21(27)17-28(16-20)15-14-23(18-6-4-3-5-7-18)26-31-24(29)25-19-8-12-22(30-2)13-9-19;;/h3-9,12-13,20-21H,10-11,14-17H2,1-2H3,(H,25,29);2*1H/b26-23-;;. The van der Waals surface area contributed by atoms with Gasteiger partial charge in [-0.1, -0.05) is 35.5 Å². The Morgan fingerprint density at radius 3 is 2.27 bits per heavy atom. The van der Waals surface area contributed by atoms with Gasteiger partial charge in [0, 0.05) is 43.8 Å². The number of nitrogens with zero attached hydrogens (tertiary/aromatic N) is 3. The summed E-state index contributed by atoms with van der Waals surface area (Å²) in [5.41, 5.74) is 2.36. The molecule has 2 saturated heterocycles. The lowest BCUT2D eigenvalue weighted by Gasteiger charge is -2.38. The van der Waals surface area contributed by atoms with Crippen molar-refractivity contribution in [3.05, 3.63) is 60.2 Å². The summed E-state index contributed by atoms with van der Waals surface area (Å²) >= 11 is 0. The highest BCUT2D eigenvalue weighted by Crippen LogP contribution is 2.28. The van der Waals surface area contributed by atoms with Crippen molar-refractivity contribution in [1.82, 2.24) is 9.80 Å². The summed E-state index contributed by atoms with van der Waals surface area (Å²) in [5, 5.41) is 6.91. The minimum absolute atomic E-state index is 0. The molecular weight excluding hydrogens is 463 g/mol. The molecular formula is C24H32Cl2N4O3. The molecule has 0 saturated carbocycles. The van der Waals surface area contributed by atoms with Gasteiger partial charge < -0.3 is 4.74 Å². The van der Waals surface area contributed by atoms with Crippen molar-refractivity contribution in [2.24, 2.45) is 5.16 Å². The highest BCUT2D eigenvalue weighted by molar-refractivity contribution is 6.00. The van der Waals surface area contributed by atoms with Gasteiger partial charge in [-0.25, -0.2) is 4.79 Å². The highest BCUT2D eigenvalue weighted by Gasteiger charge is 2.37. The minimum Gasteiger partial charge on any atom is -0.497 e. The van der Waals surface area contributed by atoms with E-state index < -0.39 is 6.09 Å². The maximum Gasteiger partial charge on any atom is 0.437 e. The second kappa shape index (κ2) is 12.8. The lowest BCUT2D eigenvalue weighted by molar-refractivity contribution is 0.0906. The molecule has 1 N–H and O–H groups in total. The topological polar surface area (TPSA) is 66.4 Å². The van der Waals surface area contributed by atoms with Crippen molar-refractivity contribution < 1.29 is 14.4 Å². The summed E-state index contributed by atoms with van der Waals surface area (Å²) < 4.78 is 5.13. The lowest BCUT2D eigenvalue weighted by Crippen LogP contribution is -2.52.